The molecule has 0 radical (unpaired) electrons. The third-order valence-corrected chi connectivity index (χ3v) is 2.49. The molecule has 0 saturated heterocycles. The van der Waals surface area contributed by atoms with Crippen LogP contribution in [0.25, 0.3) is 0 Å². The zero-order chi connectivity index (χ0) is 12.9. The largest absolute Gasteiger partial charge is 0.378 e. The van der Waals surface area contributed by atoms with Crippen LogP contribution in [-0.2, 0) is 4.74 Å². The number of hydrogen-bond acceptors (Lipinski definition) is 5. The molecule has 0 aliphatic heterocycles. The zero-order valence-corrected chi connectivity index (χ0v) is 11.9. The summed E-state index contributed by atoms with van der Waals surface area (Å²) in [6.07, 6.45) is 1.76. The average Bonchev–Trinajstić information content (AvgIpc) is 2.30. The van der Waals surface area contributed by atoms with Crippen LogP contribution < -0.4 is 16.0 Å². The van der Waals surface area contributed by atoms with Gasteiger partial charge in [-0.05, 0) is 6.26 Å². The summed E-state index contributed by atoms with van der Waals surface area (Å²) in [4.78, 5) is 10.9. The van der Waals surface area contributed by atoms with E-state index in [-0.39, 0.29) is 5.24 Å². The minimum Gasteiger partial charge on any atom is -0.378 e. The van der Waals surface area contributed by atoms with Crippen molar-refractivity contribution in [2.75, 3.05) is 45.6 Å². The van der Waals surface area contributed by atoms with Crippen molar-refractivity contribution in [3.63, 3.8) is 0 Å². The molecule has 0 aromatic rings. The molecule has 0 aliphatic carbocycles. The van der Waals surface area contributed by atoms with E-state index in [1.807, 2.05) is 0 Å². The predicted molar refractivity (Wildman–Crippen MR) is 73.7 cm³/mol. The number of carbonyl (C=O) groups excluding carboxylic acids is 1. The number of hydrogen-bond donors (Lipinski definition) is 3. The molecule has 3 N–H and O–H groups in total. The molecule has 1 amide bonds. The molecular weight excluding hydrogens is 238 g/mol. The fourth-order valence-corrected chi connectivity index (χ4v) is 1.36. The van der Waals surface area contributed by atoms with Crippen LogP contribution in [-0.4, -0.2) is 56.9 Å². The maximum Gasteiger partial charge on any atom is 0.278 e. The van der Waals surface area contributed by atoms with E-state index in [9.17, 15) is 4.79 Å². The van der Waals surface area contributed by atoms with E-state index in [4.69, 9.17) is 4.74 Å². The first-order chi connectivity index (χ1) is 8.16. The second-order valence-corrected chi connectivity index (χ2v) is 4.67. The Morgan fingerprint density at radius 3 is 2.53 bits per heavy atom. The second-order valence-electron chi connectivity index (χ2n) is 3.89. The molecule has 0 unspecified atom stereocenters. The average molecular weight is 263 g/mol. The number of carbonyl (C=O) groups is 1. The highest BCUT2D eigenvalue weighted by Crippen LogP contribution is 1.90. The standard InChI is InChI=1S/C11H25N3O2S/c1-10(2)13-5-4-12-6-8-16-9-7-14-11(15)17-3/h10,12-13H,4-9H2,1-3H3,(H,14,15). The monoisotopic (exact) mass is 263 g/mol. The van der Waals surface area contributed by atoms with Crippen molar-refractivity contribution in [3.8, 4) is 0 Å². The normalized spacial score (nSPS) is 10.8. The van der Waals surface area contributed by atoms with Crippen LogP contribution in [0.2, 0.25) is 0 Å². The Morgan fingerprint density at radius 2 is 1.88 bits per heavy atom. The van der Waals surface area contributed by atoms with Crippen LogP contribution in [0.4, 0.5) is 4.79 Å². The van der Waals surface area contributed by atoms with Gasteiger partial charge in [0.15, 0.2) is 0 Å². The smallest absolute Gasteiger partial charge is 0.278 e. The predicted octanol–water partition coefficient (Wildman–Crippen LogP) is 0.663. The van der Waals surface area contributed by atoms with E-state index < -0.39 is 0 Å². The zero-order valence-electron chi connectivity index (χ0n) is 11.0. The number of nitrogens with one attached hydrogen (secondary N) is 3. The minimum atomic E-state index is -0.00788. The lowest BCUT2D eigenvalue weighted by Gasteiger charge is -2.09. The van der Waals surface area contributed by atoms with Gasteiger partial charge < -0.3 is 20.7 Å². The first-order valence-electron chi connectivity index (χ1n) is 6.00. The molecule has 0 fully saturated rings. The number of rotatable bonds is 10. The summed E-state index contributed by atoms with van der Waals surface area (Å²) < 4.78 is 5.35. The highest BCUT2D eigenvalue weighted by molar-refractivity contribution is 8.12. The SMILES string of the molecule is CSC(=O)NCCOCCNCCNC(C)C. The first-order valence-corrected chi connectivity index (χ1v) is 7.23. The van der Waals surface area contributed by atoms with Crippen LogP contribution >= 0.6 is 11.8 Å². The number of amides is 1. The highest BCUT2D eigenvalue weighted by atomic mass is 32.2. The second kappa shape index (κ2) is 12.2. The molecule has 0 aliphatic rings. The van der Waals surface area contributed by atoms with Crippen LogP contribution in [0.15, 0.2) is 0 Å². The molecule has 0 aromatic heterocycles. The Labute approximate surface area is 108 Å². The minimum absolute atomic E-state index is 0.00788. The van der Waals surface area contributed by atoms with Crippen molar-refractivity contribution in [2.45, 2.75) is 19.9 Å². The van der Waals surface area contributed by atoms with Crippen molar-refractivity contribution in [1.82, 2.24) is 16.0 Å². The van der Waals surface area contributed by atoms with E-state index in [2.05, 4.69) is 29.8 Å². The van der Waals surface area contributed by atoms with E-state index in [1.54, 1.807) is 6.26 Å². The van der Waals surface area contributed by atoms with Crippen LogP contribution in [0, 0.1) is 0 Å². The lowest BCUT2D eigenvalue weighted by Crippen LogP contribution is -2.33. The van der Waals surface area contributed by atoms with Gasteiger partial charge in [0, 0.05) is 32.2 Å². The van der Waals surface area contributed by atoms with E-state index in [1.165, 1.54) is 11.8 Å². The van der Waals surface area contributed by atoms with Crippen molar-refractivity contribution in [1.29, 1.82) is 0 Å². The van der Waals surface area contributed by atoms with Gasteiger partial charge >= 0.3 is 0 Å². The molecule has 6 heteroatoms. The van der Waals surface area contributed by atoms with Gasteiger partial charge in [-0.15, -0.1) is 0 Å². The summed E-state index contributed by atoms with van der Waals surface area (Å²) in [5, 5.41) is 9.31. The molecule has 0 bridgehead atoms. The van der Waals surface area contributed by atoms with Crippen LogP contribution in [0.5, 0.6) is 0 Å². The maximum atomic E-state index is 10.9. The summed E-state index contributed by atoms with van der Waals surface area (Å²) in [6.45, 7) is 8.85. The Balaban J connectivity index is 3.01. The van der Waals surface area contributed by atoms with Gasteiger partial charge in [0.2, 0.25) is 0 Å². The molecule has 5 nitrogen and oxygen atoms in total. The molecule has 0 aromatic carbocycles. The quantitative estimate of drug-likeness (QED) is 0.506. The lowest BCUT2D eigenvalue weighted by molar-refractivity contribution is 0.139. The third-order valence-electron chi connectivity index (χ3n) is 1.98. The van der Waals surface area contributed by atoms with Crippen molar-refractivity contribution in [3.05, 3.63) is 0 Å². The molecule has 102 valence electrons. The van der Waals surface area contributed by atoms with Crippen molar-refractivity contribution in [2.24, 2.45) is 0 Å². The summed E-state index contributed by atoms with van der Waals surface area (Å²) in [5.74, 6) is 0. The van der Waals surface area contributed by atoms with Gasteiger partial charge in [-0.1, -0.05) is 25.6 Å². The van der Waals surface area contributed by atoms with Crippen LogP contribution in [0.1, 0.15) is 13.8 Å². The molecule has 0 spiro atoms. The molecule has 0 rings (SSSR count). The number of ether oxygens (including phenoxy) is 1. The van der Waals surface area contributed by atoms with Gasteiger partial charge in [0.1, 0.15) is 0 Å². The maximum absolute atomic E-state index is 10.9. The highest BCUT2D eigenvalue weighted by Gasteiger charge is 1.95. The molecule has 17 heavy (non-hydrogen) atoms. The third kappa shape index (κ3) is 13.6. The fraction of sp³-hybridized carbons (Fsp3) is 0.909. The Kier molecular flexibility index (Phi) is 12.0. The van der Waals surface area contributed by atoms with Gasteiger partial charge in [0.25, 0.3) is 5.24 Å². The lowest BCUT2D eigenvalue weighted by atomic mass is 10.4. The van der Waals surface area contributed by atoms with E-state index >= 15 is 0 Å². The fourth-order valence-electron chi connectivity index (χ4n) is 1.12. The topological polar surface area (TPSA) is 62.4 Å². The van der Waals surface area contributed by atoms with Gasteiger partial charge in [-0.3, -0.25) is 4.79 Å². The molecular formula is C11H25N3O2S. The van der Waals surface area contributed by atoms with E-state index in [0.717, 1.165) is 19.6 Å². The van der Waals surface area contributed by atoms with Gasteiger partial charge in [-0.25, -0.2) is 0 Å². The summed E-state index contributed by atoms with van der Waals surface area (Å²) in [7, 11) is 0. The van der Waals surface area contributed by atoms with Crippen molar-refractivity contribution >= 4 is 17.0 Å². The van der Waals surface area contributed by atoms with E-state index in [0.29, 0.717) is 25.8 Å². The summed E-state index contributed by atoms with van der Waals surface area (Å²) in [6, 6.07) is 0.535. The first kappa shape index (κ1) is 16.7. The Hall–Kier alpha value is -0.300. The Bertz CT molecular complexity index is 192. The molecule has 0 heterocycles. The molecule has 0 saturated carbocycles. The number of thioether (sulfide) groups is 1. The van der Waals surface area contributed by atoms with Gasteiger partial charge in [-0.2, -0.15) is 0 Å². The molecule has 0 atom stereocenters. The summed E-state index contributed by atoms with van der Waals surface area (Å²) >= 11 is 1.18. The summed E-state index contributed by atoms with van der Waals surface area (Å²) in [5.41, 5.74) is 0. The van der Waals surface area contributed by atoms with Crippen LogP contribution in [0.3, 0.4) is 0 Å². The van der Waals surface area contributed by atoms with Gasteiger partial charge in [0.05, 0.1) is 13.2 Å². The van der Waals surface area contributed by atoms with Crippen molar-refractivity contribution < 1.29 is 9.53 Å². The Morgan fingerprint density at radius 1 is 1.18 bits per heavy atom.